The maximum atomic E-state index is 12.1. The molecule has 0 aliphatic heterocycles. The zero-order chi connectivity index (χ0) is 14.6. The van der Waals surface area contributed by atoms with Crippen molar-refractivity contribution in [3.63, 3.8) is 0 Å². The first-order valence-electron chi connectivity index (χ1n) is 6.22. The zero-order valence-corrected chi connectivity index (χ0v) is 12.1. The van der Waals surface area contributed by atoms with Crippen LogP contribution in [0.15, 0.2) is 41.4 Å². The van der Waals surface area contributed by atoms with E-state index in [1.54, 1.807) is 12.1 Å². The van der Waals surface area contributed by atoms with E-state index in [9.17, 15) is 8.42 Å². The van der Waals surface area contributed by atoms with Gasteiger partial charge in [0.05, 0.1) is 17.7 Å². The van der Waals surface area contributed by atoms with Gasteiger partial charge >= 0.3 is 0 Å². The molecule has 0 aliphatic rings. The van der Waals surface area contributed by atoms with Crippen LogP contribution in [-0.4, -0.2) is 25.2 Å². The van der Waals surface area contributed by atoms with Crippen LogP contribution < -0.4 is 9.46 Å². The minimum Gasteiger partial charge on any atom is -0.493 e. The molecule has 0 radical (unpaired) electrons. The molecule has 0 aliphatic carbocycles. The van der Waals surface area contributed by atoms with Gasteiger partial charge in [0.25, 0.3) is 10.0 Å². The molecule has 7 heteroatoms. The molecule has 0 atom stereocenters. The lowest BCUT2D eigenvalue weighted by Crippen LogP contribution is -2.13. The minimum absolute atomic E-state index is 0.170. The van der Waals surface area contributed by atoms with E-state index in [0.29, 0.717) is 24.1 Å². The van der Waals surface area contributed by atoms with Crippen LogP contribution in [0.25, 0.3) is 0 Å². The third-order valence-corrected chi connectivity index (χ3v) is 3.84. The Kier molecular flexibility index (Phi) is 4.29. The number of nitrogens with zero attached hydrogens (tertiary/aromatic N) is 1. The Morgan fingerprint density at radius 3 is 2.50 bits per heavy atom. The average molecular weight is 295 g/mol. The van der Waals surface area contributed by atoms with Crippen LogP contribution in [0.5, 0.6) is 5.75 Å². The monoisotopic (exact) mass is 295 g/mol. The number of hydrogen-bond acceptors (Lipinski definition) is 4. The highest BCUT2D eigenvalue weighted by atomic mass is 32.2. The molecule has 1 aromatic heterocycles. The van der Waals surface area contributed by atoms with Crippen molar-refractivity contribution in [1.82, 2.24) is 10.2 Å². The predicted molar refractivity (Wildman–Crippen MR) is 76.2 cm³/mol. The molecule has 0 saturated heterocycles. The van der Waals surface area contributed by atoms with Gasteiger partial charge in [0.2, 0.25) is 0 Å². The van der Waals surface area contributed by atoms with Crippen molar-refractivity contribution in [3.05, 3.63) is 36.5 Å². The van der Waals surface area contributed by atoms with E-state index in [1.165, 1.54) is 24.4 Å². The Labute approximate surface area is 118 Å². The third kappa shape index (κ3) is 3.74. The van der Waals surface area contributed by atoms with Crippen LogP contribution in [-0.2, 0) is 10.0 Å². The lowest BCUT2D eigenvalue weighted by atomic mass is 10.2. The first-order chi connectivity index (χ1) is 9.47. The summed E-state index contributed by atoms with van der Waals surface area (Å²) in [7, 11) is -3.61. The van der Waals surface area contributed by atoms with Gasteiger partial charge in [-0.1, -0.05) is 13.8 Å². The molecule has 0 bridgehead atoms. The summed E-state index contributed by atoms with van der Waals surface area (Å²) in [6.45, 7) is 4.69. The summed E-state index contributed by atoms with van der Waals surface area (Å²) in [4.78, 5) is 0.170. The van der Waals surface area contributed by atoms with Crippen LogP contribution in [0, 0.1) is 5.92 Å². The predicted octanol–water partition coefficient (Wildman–Crippen LogP) is 2.25. The fourth-order valence-electron chi connectivity index (χ4n) is 1.49. The molecule has 2 N–H and O–H groups in total. The highest BCUT2D eigenvalue weighted by Gasteiger charge is 2.14. The molecule has 20 heavy (non-hydrogen) atoms. The van der Waals surface area contributed by atoms with Gasteiger partial charge in [0.15, 0.2) is 0 Å². The van der Waals surface area contributed by atoms with Gasteiger partial charge in [-0.3, -0.25) is 9.82 Å². The standard InChI is InChI=1S/C13H17N3O3S/c1-10(2)9-19-11-3-5-12(6-4-11)20(17,18)16-13-7-8-14-15-13/h3-8,10H,9H2,1-2H3,(H2,14,15,16). The number of anilines is 1. The Morgan fingerprint density at radius 1 is 1.25 bits per heavy atom. The number of nitrogens with one attached hydrogen (secondary N) is 2. The summed E-state index contributed by atoms with van der Waals surface area (Å²) < 4.78 is 32.1. The molecule has 1 heterocycles. The molecule has 2 rings (SSSR count). The van der Waals surface area contributed by atoms with Gasteiger partial charge in [-0.2, -0.15) is 5.10 Å². The van der Waals surface area contributed by atoms with E-state index in [2.05, 4.69) is 14.9 Å². The van der Waals surface area contributed by atoms with Crippen LogP contribution >= 0.6 is 0 Å². The summed E-state index contributed by atoms with van der Waals surface area (Å²) in [5, 5.41) is 6.23. The lowest BCUT2D eigenvalue weighted by Gasteiger charge is -2.10. The molecule has 6 nitrogen and oxygen atoms in total. The van der Waals surface area contributed by atoms with Crippen molar-refractivity contribution in [2.75, 3.05) is 11.3 Å². The van der Waals surface area contributed by atoms with Crippen LogP contribution in [0.2, 0.25) is 0 Å². The lowest BCUT2D eigenvalue weighted by molar-refractivity contribution is 0.271. The maximum Gasteiger partial charge on any atom is 0.263 e. The van der Waals surface area contributed by atoms with Crippen LogP contribution in [0.3, 0.4) is 0 Å². The maximum absolute atomic E-state index is 12.1. The molecule has 1 aromatic carbocycles. The summed E-state index contributed by atoms with van der Waals surface area (Å²) in [6, 6.07) is 7.84. The largest absolute Gasteiger partial charge is 0.493 e. The first kappa shape index (κ1) is 14.4. The van der Waals surface area contributed by atoms with E-state index in [1.807, 2.05) is 13.8 Å². The number of hydrogen-bond donors (Lipinski definition) is 2. The van der Waals surface area contributed by atoms with Gasteiger partial charge < -0.3 is 4.74 Å². The Bertz CT molecular complexity index is 634. The number of aromatic nitrogens is 2. The third-order valence-electron chi connectivity index (χ3n) is 2.46. The number of rotatable bonds is 6. The Hall–Kier alpha value is -2.02. The molecular weight excluding hydrogens is 278 g/mol. The smallest absolute Gasteiger partial charge is 0.263 e. The number of benzene rings is 1. The summed E-state index contributed by atoms with van der Waals surface area (Å²) >= 11 is 0. The Balaban J connectivity index is 2.08. The Morgan fingerprint density at radius 2 is 1.95 bits per heavy atom. The topological polar surface area (TPSA) is 84.1 Å². The van der Waals surface area contributed by atoms with E-state index in [0.717, 1.165) is 0 Å². The van der Waals surface area contributed by atoms with Gasteiger partial charge in [0.1, 0.15) is 11.6 Å². The van der Waals surface area contributed by atoms with Gasteiger partial charge in [-0.05, 0) is 30.2 Å². The average Bonchev–Trinajstić information content (AvgIpc) is 2.89. The van der Waals surface area contributed by atoms with E-state index in [4.69, 9.17) is 4.74 Å². The highest BCUT2D eigenvalue weighted by molar-refractivity contribution is 7.92. The fourth-order valence-corrected chi connectivity index (χ4v) is 2.51. The second-order valence-corrected chi connectivity index (χ2v) is 6.43. The van der Waals surface area contributed by atoms with Gasteiger partial charge in [-0.15, -0.1) is 0 Å². The minimum atomic E-state index is -3.61. The van der Waals surface area contributed by atoms with Crippen molar-refractivity contribution in [3.8, 4) is 5.75 Å². The second kappa shape index (κ2) is 5.96. The van der Waals surface area contributed by atoms with E-state index in [-0.39, 0.29) is 4.90 Å². The fraction of sp³-hybridized carbons (Fsp3) is 0.308. The zero-order valence-electron chi connectivity index (χ0n) is 11.3. The van der Waals surface area contributed by atoms with Crippen molar-refractivity contribution in [2.45, 2.75) is 18.7 Å². The molecule has 2 aromatic rings. The molecule has 0 spiro atoms. The normalized spacial score (nSPS) is 11.6. The van der Waals surface area contributed by atoms with Crippen LogP contribution in [0.4, 0.5) is 5.82 Å². The molecular formula is C13H17N3O3S. The number of ether oxygens (including phenoxy) is 1. The highest BCUT2D eigenvalue weighted by Crippen LogP contribution is 2.18. The summed E-state index contributed by atoms with van der Waals surface area (Å²) in [6.07, 6.45) is 1.47. The summed E-state index contributed by atoms with van der Waals surface area (Å²) in [5.41, 5.74) is 0. The second-order valence-electron chi connectivity index (χ2n) is 4.75. The number of sulfonamides is 1. The first-order valence-corrected chi connectivity index (χ1v) is 7.71. The molecule has 0 unspecified atom stereocenters. The van der Waals surface area contributed by atoms with Crippen molar-refractivity contribution >= 4 is 15.8 Å². The molecule has 0 fully saturated rings. The van der Waals surface area contributed by atoms with Crippen molar-refractivity contribution in [2.24, 2.45) is 5.92 Å². The van der Waals surface area contributed by atoms with Crippen LogP contribution in [0.1, 0.15) is 13.8 Å². The van der Waals surface area contributed by atoms with Gasteiger partial charge in [-0.25, -0.2) is 8.42 Å². The molecule has 108 valence electrons. The summed E-state index contributed by atoms with van der Waals surface area (Å²) in [5.74, 6) is 1.39. The molecule has 0 amide bonds. The van der Waals surface area contributed by atoms with E-state index >= 15 is 0 Å². The van der Waals surface area contributed by atoms with E-state index < -0.39 is 10.0 Å². The van der Waals surface area contributed by atoms with Crippen molar-refractivity contribution < 1.29 is 13.2 Å². The van der Waals surface area contributed by atoms with Gasteiger partial charge in [0, 0.05) is 6.07 Å². The number of aromatic amines is 1. The quantitative estimate of drug-likeness (QED) is 0.856. The number of H-pyrrole nitrogens is 1. The SMILES string of the molecule is CC(C)COc1ccc(S(=O)(=O)Nc2ccn[nH]2)cc1. The van der Waals surface area contributed by atoms with Crippen molar-refractivity contribution in [1.29, 1.82) is 0 Å². The molecule has 0 saturated carbocycles.